The number of aliphatic hydroxyl groups is 1. The van der Waals surface area contributed by atoms with Crippen LogP contribution in [-0.4, -0.2) is 82.5 Å². The van der Waals surface area contributed by atoms with Crippen LogP contribution in [0.3, 0.4) is 0 Å². The number of carbonyl (C=O) groups is 3. The van der Waals surface area contributed by atoms with Crippen molar-refractivity contribution < 1.29 is 19.5 Å². The average molecular weight is 598 g/mol. The third-order valence-corrected chi connectivity index (χ3v) is 7.45. The van der Waals surface area contributed by atoms with Crippen LogP contribution in [0.1, 0.15) is 44.9 Å². The number of likely N-dealkylation sites (N-methyl/N-ethyl adjacent to an activating group) is 1. The molecule has 0 spiro atoms. The van der Waals surface area contributed by atoms with Crippen LogP contribution in [-0.2, 0) is 27.3 Å². The van der Waals surface area contributed by atoms with Gasteiger partial charge in [-0.25, -0.2) is 0 Å². The van der Waals surface area contributed by atoms with Gasteiger partial charge < -0.3 is 20.7 Å². The molecule has 2 heterocycles. The molecule has 1 fully saturated rings. The third-order valence-electron chi connectivity index (χ3n) is 7.45. The molecule has 3 amide bonds. The van der Waals surface area contributed by atoms with E-state index in [2.05, 4.69) is 15.6 Å². The summed E-state index contributed by atoms with van der Waals surface area (Å²) < 4.78 is 0. The molecular weight excluding hydrogens is 554 g/mol. The maximum atomic E-state index is 13.8. The van der Waals surface area contributed by atoms with Crippen LogP contribution >= 0.6 is 12.4 Å². The SMILES string of the molecule is CN(Cc1ccc[nH]1)CC(O)CNC(=O)[C@@H](Cc1ccc2ccccc2c1)N(C(=O)[C@@H]1CCCN1)C(=O)C(C)(C)C.Cl. The molecule has 0 aliphatic carbocycles. The van der Waals surface area contributed by atoms with E-state index in [1.54, 1.807) is 20.8 Å². The Morgan fingerprint density at radius 2 is 1.81 bits per heavy atom. The summed E-state index contributed by atoms with van der Waals surface area (Å²) in [4.78, 5) is 47.7. The minimum absolute atomic E-state index is 0. The first-order valence-corrected chi connectivity index (χ1v) is 14.4. The average Bonchev–Trinajstić information content (AvgIpc) is 3.65. The molecule has 4 N–H and O–H groups in total. The van der Waals surface area contributed by atoms with Gasteiger partial charge >= 0.3 is 0 Å². The van der Waals surface area contributed by atoms with E-state index in [0.717, 1.165) is 28.5 Å². The number of hydrogen-bond donors (Lipinski definition) is 4. The van der Waals surface area contributed by atoms with Gasteiger partial charge in [0.2, 0.25) is 17.7 Å². The van der Waals surface area contributed by atoms with E-state index in [0.29, 0.717) is 26.1 Å². The minimum atomic E-state index is -1.07. The Bertz CT molecular complexity index is 1330. The highest BCUT2D eigenvalue weighted by molar-refractivity contribution is 6.04. The quantitative estimate of drug-likeness (QED) is 0.270. The normalized spacial score (nSPS) is 16.6. The fourth-order valence-corrected chi connectivity index (χ4v) is 5.29. The summed E-state index contributed by atoms with van der Waals surface area (Å²) in [6, 6.07) is 16.2. The van der Waals surface area contributed by atoms with Gasteiger partial charge in [0, 0.05) is 43.4 Å². The standard InChI is InChI=1S/C32H43N5O4.ClH/c1-32(2,3)31(41)37(30(40)27-12-8-16-34-27)28(18-22-13-14-23-9-5-6-10-24(23)17-22)29(39)35-19-26(38)21-36(4)20-25-11-7-15-33-25;/h5-7,9-11,13-15,17,26-28,33-34,38H,8,12,16,18-21H2,1-4H3,(H,35,39);1H/t26?,27-,28+;/m0./s1. The van der Waals surface area contributed by atoms with Crippen LogP contribution in [0.25, 0.3) is 10.8 Å². The number of amides is 3. The van der Waals surface area contributed by atoms with Gasteiger partial charge in [0.25, 0.3) is 0 Å². The lowest BCUT2D eigenvalue weighted by Crippen LogP contribution is -2.60. The van der Waals surface area contributed by atoms with Crippen molar-refractivity contribution >= 4 is 40.9 Å². The molecule has 0 saturated carbocycles. The number of aromatic nitrogens is 1. The van der Waals surface area contributed by atoms with Crippen molar-refractivity contribution in [3.8, 4) is 0 Å². The molecule has 9 nitrogen and oxygen atoms in total. The number of H-pyrrole nitrogens is 1. The van der Waals surface area contributed by atoms with E-state index in [-0.39, 0.29) is 31.3 Å². The van der Waals surface area contributed by atoms with Crippen molar-refractivity contribution in [3.05, 3.63) is 72.1 Å². The number of hydrogen-bond acceptors (Lipinski definition) is 6. The molecule has 0 bridgehead atoms. The number of nitrogens with zero attached hydrogens (tertiary/aromatic N) is 2. The smallest absolute Gasteiger partial charge is 0.247 e. The number of nitrogens with one attached hydrogen (secondary N) is 3. The summed E-state index contributed by atoms with van der Waals surface area (Å²) in [6.45, 7) is 6.92. The van der Waals surface area contributed by atoms with Crippen molar-refractivity contribution in [2.75, 3.05) is 26.7 Å². The second-order valence-electron chi connectivity index (χ2n) is 12.1. The summed E-state index contributed by atoms with van der Waals surface area (Å²) in [5.74, 6) is -1.24. The molecule has 2 aromatic carbocycles. The van der Waals surface area contributed by atoms with Gasteiger partial charge in [0.05, 0.1) is 12.1 Å². The Labute approximate surface area is 254 Å². The highest BCUT2D eigenvalue weighted by atomic mass is 35.5. The zero-order chi connectivity index (χ0) is 29.6. The highest BCUT2D eigenvalue weighted by Gasteiger charge is 2.42. The summed E-state index contributed by atoms with van der Waals surface area (Å²) in [7, 11) is 1.89. The van der Waals surface area contributed by atoms with E-state index in [1.807, 2.05) is 72.7 Å². The lowest BCUT2D eigenvalue weighted by molar-refractivity contribution is -0.157. The van der Waals surface area contributed by atoms with Crippen LogP contribution in [0.15, 0.2) is 60.8 Å². The van der Waals surface area contributed by atoms with Crippen LogP contribution in [0, 0.1) is 5.41 Å². The van der Waals surface area contributed by atoms with E-state index < -0.39 is 35.4 Å². The van der Waals surface area contributed by atoms with Crippen molar-refractivity contribution in [2.45, 2.75) is 64.8 Å². The second-order valence-corrected chi connectivity index (χ2v) is 12.1. The van der Waals surface area contributed by atoms with E-state index in [1.165, 1.54) is 4.90 Å². The molecule has 1 aliphatic rings. The summed E-state index contributed by atoms with van der Waals surface area (Å²) >= 11 is 0. The van der Waals surface area contributed by atoms with Gasteiger partial charge in [-0.1, -0.05) is 63.2 Å². The second kappa shape index (κ2) is 14.8. The van der Waals surface area contributed by atoms with Crippen molar-refractivity contribution in [1.82, 2.24) is 25.4 Å². The predicted molar refractivity (Wildman–Crippen MR) is 167 cm³/mol. The molecule has 1 aromatic heterocycles. The molecule has 10 heteroatoms. The molecule has 42 heavy (non-hydrogen) atoms. The molecular formula is C32H44ClN5O4. The fraction of sp³-hybridized carbons (Fsp3) is 0.469. The number of aliphatic hydroxyl groups excluding tert-OH is 1. The lowest BCUT2D eigenvalue weighted by Gasteiger charge is -2.35. The zero-order valence-corrected chi connectivity index (χ0v) is 25.7. The van der Waals surface area contributed by atoms with Crippen molar-refractivity contribution in [3.63, 3.8) is 0 Å². The molecule has 4 rings (SSSR count). The first-order valence-electron chi connectivity index (χ1n) is 14.4. The molecule has 228 valence electrons. The third kappa shape index (κ3) is 8.64. The number of carbonyl (C=O) groups excluding carboxylic acids is 3. The lowest BCUT2D eigenvalue weighted by atomic mass is 9.91. The van der Waals surface area contributed by atoms with Gasteiger partial charge in [0.15, 0.2) is 0 Å². The molecule has 1 saturated heterocycles. The zero-order valence-electron chi connectivity index (χ0n) is 24.9. The molecule has 1 aliphatic heterocycles. The van der Waals surface area contributed by atoms with E-state index in [4.69, 9.17) is 0 Å². The van der Waals surface area contributed by atoms with Crippen LogP contribution in [0.2, 0.25) is 0 Å². The Hall–Kier alpha value is -3.24. The van der Waals surface area contributed by atoms with Gasteiger partial charge in [-0.05, 0) is 54.9 Å². The van der Waals surface area contributed by atoms with Gasteiger partial charge in [0.1, 0.15) is 6.04 Å². The summed E-state index contributed by atoms with van der Waals surface area (Å²) in [6.07, 6.45) is 2.63. The number of imide groups is 1. The Balaban J connectivity index is 0.00000484. The topological polar surface area (TPSA) is 118 Å². The van der Waals surface area contributed by atoms with Crippen molar-refractivity contribution in [2.24, 2.45) is 5.41 Å². The molecule has 1 unspecified atom stereocenters. The van der Waals surface area contributed by atoms with Crippen molar-refractivity contribution in [1.29, 1.82) is 0 Å². The number of aromatic amines is 1. The fourth-order valence-electron chi connectivity index (χ4n) is 5.29. The Kier molecular flexibility index (Phi) is 11.7. The van der Waals surface area contributed by atoms with E-state index in [9.17, 15) is 19.5 Å². The largest absolute Gasteiger partial charge is 0.390 e. The minimum Gasteiger partial charge on any atom is -0.390 e. The number of fused-ring (bicyclic) bond motifs is 1. The molecule has 0 radical (unpaired) electrons. The first kappa shape index (κ1) is 33.3. The Morgan fingerprint density at radius 1 is 1.07 bits per heavy atom. The van der Waals surface area contributed by atoms with Crippen LogP contribution in [0.4, 0.5) is 0 Å². The number of halogens is 1. The summed E-state index contributed by atoms with van der Waals surface area (Å²) in [5.41, 5.74) is 0.986. The first-order chi connectivity index (χ1) is 19.5. The van der Waals surface area contributed by atoms with Gasteiger partial charge in [-0.2, -0.15) is 0 Å². The van der Waals surface area contributed by atoms with Crippen LogP contribution in [0.5, 0.6) is 0 Å². The van der Waals surface area contributed by atoms with Gasteiger partial charge in [-0.15, -0.1) is 12.4 Å². The maximum Gasteiger partial charge on any atom is 0.247 e. The molecule has 3 aromatic rings. The number of rotatable bonds is 11. The Morgan fingerprint density at radius 3 is 2.45 bits per heavy atom. The monoisotopic (exact) mass is 597 g/mol. The maximum absolute atomic E-state index is 13.8. The summed E-state index contributed by atoms with van der Waals surface area (Å²) in [5, 5.41) is 18.8. The molecule has 3 atom stereocenters. The highest BCUT2D eigenvalue weighted by Crippen LogP contribution is 2.25. The number of benzene rings is 2. The van der Waals surface area contributed by atoms with Crippen LogP contribution < -0.4 is 10.6 Å². The van der Waals surface area contributed by atoms with Gasteiger partial charge in [-0.3, -0.25) is 24.2 Å². The predicted octanol–water partition coefficient (Wildman–Crippen LogP) is 3.26. The van der Waals surface area contributed by atoms with E-state index >= 15 is 0 Å².